The standard InChI is InChI=1S/C15H19FO2/c1-4-15(5-2)13(17)9-14(15)18-12-8-10(3)6-7-11(12)16/h6-8,14H,4-5,9H2,1-3H3. The Kier molecular flexibility index (Phi) is 3.42. The van der Waals surface area contributed by atoms with Crippen LogP contribution in [0, 0.1) is 18.2 Å². The largest absolute Gasteiger partial charge is 0.486 e. The second kappa shape index (κ2) is 4.71. The molecule has 1 aliphatic rings. The van der Waals surface area contributed by atoms with E-state index >= 15 is 0 Å². The van der Waals surface area contributed by atoms with Crippen LogP contribution in [-0.4, -0.2) is 11.9 Å². The minimum atomic E-state index is -0.407. The van der Waals surface area contributed by atoms with Crippen molar-refractivity contribution < 1.29 is 13.9 Å². The van der Waals surface area contributed by atoms with Gasteiger partial charge in [0.05, 0.1) is 5.41 Å². The minimum Gasteiger partial charge on any atom is -0.486 e. The van der Waals surface area contributed by atoms with E-state index in [0.29, 0.717) is 6.42 Å². The van der Waals surface area contributed by atoms with Gasteiger partial charge in [-0.05, 0) is 37.5 Å². The summed E-state index contributed by atoms with van der Waals surface area (Å²) in [6.45, 7) is 5.87. The van der Waals surface area contributed by atoms with Crippen LogP contribution in [0.5, 0.6) is 5.75 Å². The molecule has 0 saturated heterocycles. The monoisotopic (exact) mass is 250 g/mol. The predicted octanol–water partition coefficient (Wildman–Crippen LogP) is 3.66. The minimum absolute atomic E-state index is 0.184. The lowest BCUT2D eigenvalue weighted by molar-refractivity contribution is -0.153. The summed E-state index contributed by atoms with van der Waals surface area (Å²) in [6.07, 6.45) is 1.71. The molecule has 1 saturated carbocycles. The van der Waals surface area contributed by atoms with Crippen molar-refractivity contribution in [2.24, 2.45) is 5.41 Å². The molecule has 0 aromatic heterocycles. The maximum Gasteiger partial charge on any atom is 0.165 e. The van der Waals surface area contributed by atoms with Gasteiger partial charge in [0.2, 0.25) is 0 Å². The first-order valence-electron chi connectivity index (χ1n) is 6.49. The van der Waals surface area contributed by atoms with E-state index in [1.165, 1.54) is 6.07 Å². The third-order valence-electron chi connectivity index (χ3n) is 4.16. The van der Waals surface area contributed by atoms with Gasteiger partial charge in [0.15, 0.2) is 11.6 Å². The fraction of sp³-hybridized carbons (Fsp3) is 0.533. The molecule has 0 amide bonds. The van der Waals surface area contributed by atoms with Crippen molar-refractivity contribution in [1.82, 2.24) is 0 Å². The quantitative estimate of drug-likeness (QED) is 0.815. The second-order valence-electron chi connectivity index (χ2n) is 5.03. The summed E-state index contributed by atoms with van der Waals surface area (Å²) < 4.78 is 19.4. The fourth-order valence-corrected chi connectivity index (χ4v) is 2.72. The van der Waals surface area contributed by atoms with E-state index < -0.39 is 5.41 Å². The molecule has 0 N–H and O–H groups in total. The number of carbonyl (C=O) groups is 1. The van der Waals surface area contributed by atoms with Gasteiger partial charge in [-0.15, -0.1) is 0 Å². The van der Waals surface area contributed by atoms with Crippen molar-refractivity contribution in [3.8, 4) is 5.75 Å². The first-order chi connectivity index (χ1) is 8.53. The lowest BCUT2D eigenvalue weighted by atomic mass is 9.61. The molecule has 0 aliphatic heterocycles. The number of carbonyl (C=O) groups excluding carboxylic acids is 1. The Labute approximate surface area is 107 Å². The summed E-state index contributed by atoms with van der Waals surface area (Å²) >= 11 is 0. The molecule has 1 atom stereocenters. The van der Waals surface area contributed by atoms with Gasteiger partial charge in [0.1, 0.15) is 11.9 Å². The Hall–Kier alpha value is -1.38. The Morgan fingerprint density at radius 2 is 2.06 bits per heavy atom. The van der Waals surface area contributed by atoms with Crippen LogP contribution >= 0.6 is 0 Å². The Morgan fingerprint density at radius 1 is 1.39 bits per heavy atom. The molecule has 1 aromatic rings. The topological polar surface area (TPSA) is 26.3 Å². The summed E-state index contributed by atoms with van der Waals surface area (Å²) in [6, 6.07) is 4.81. The average molecular weight is 250 g/mol. The van der Waals surface area contributed by atoms with Crippen molar-refractivity contribution in [2.45, 2.75) is 46.1 Å². The summed E-state index contributed by atoms with van der Waals surface area (Å²) in [7, 11) is 0. The van der Waals surface area contributed by atoms with Gasteiger partial charge < -0.3 is 4.74 Å². The van der Waals surface area contributed by atoms with E-state index in [-0.39, 0.29) is 23.5 Å². The summed E-state index contributed by atoms with van der Waals surface area (Å²) in [4.78, 5) is 11.8. The lowest BCUT2D eigenvalue weighted by Gasteiger charge is -2.46. The third kappa shape index (κ3) is 1.92. The molecule has 1 fully saturated rings. The summed E-state index contributed by atoms with van der Waals surface area (Å²) in [5.41, 5.74) is 0.548. The maximum atomic E-state index is 13.6. The van der Waals surface area contributed by atoms with Gasteiger partial charge in [0, 0.05) is 6.42 Å². The van der Waals surface area contributed by atoms with Gasteiger partial charge in [-0.2, -0.15) is 0 Å². The third-order valence-corrected chi connectivity index (χ3v) is 4.16. The molecule has 0 radical (unpaired) electrons. The predicted molar refractivity (Wildman–Crippen MR) is 68.2 cm³/mol. The Balaban J connectivity index is 2.20. The molecule has 1 unspecified atom stereocenters. The van der Waals surface area contributed by atoms with Crippen LogP contribution in [0.25, 0.3) is 0 Å². The number of benzene rings is 1. The number of hydrogen-bond acceptors (Lipinski definition) is 2. The first-order valence-corrected chi connectivity index (χ1v) is 6.49. The van der Waals surface area contributed by atoms with Gasteiger partial charge in [-0.1, -0.05) is 19.9 Å². The number of ketones is 1. The second-order valence-corrected chi connectivity index (χ2v) is 5.03. The van der Waals surface area contributed by atoms with Crippen LogP contribution in [-0.2, 0) is 4.79 Å². The summed E-state index contributed by atoms with van der Waals surface area (Å²) in [5, 5.41) is 0. The van der Waals surface area contributed by atoms with Crippen LogP contribution in [0.3, 0.4) is 0 Å². The van der Waals surface area contributed by atoms with E-state index in [4.69, 9.17) is 4.74 Å². The van der Waals surface area contributed by atoms with E-state index in [1.807, 2.05) is 20.8 Å². The number of aryl methyl sites for hydroxylation is 1. The van der Waals surface area contributed by atoms with Gasteiger partial charge in [-0.3, -0.25) is 4.79 Å². The number of rotatable bonds is 4. The average Bonchev–Trinajstić information content (AvgIpc) is 2.35. The highest BCUT2D eigenvalue weighted by molar-refractivity contribution is 5.92. The van der Waals surface area contributed by atoms with Crippen LogP contribution in [0.15, 0.2) is 18.2 Å². The molecule has 18 heavy (non-hydrogen) atoms. The van der Waals surface area contributed by atoms with E-state index in [1.54, 1.807) is 12.1 Å². The smallest absolute Gasteiger partial charge is 0.165 e. The van der Waals surface area contributed by atoms with E-state index in [0.717, 1.165) is 18.4 Å². The highest BCUT2D eigenvalue weighted by atomic mass is 19.1. The van der Waals surface area contributed by atoms with Gasteiger partial charge in [0.25, 0.3) is 0 Å². The Morgan fingerprint density at radius 3 is 2.61 bits per heavy atom. The molecule has 0 heterocycles. The first kappa shape index (κ1) is 13.1. The number of ether oxygens (including phenoxy) is 1. The van der Waals surface area contributed by atoms with Crippen molar-refractivity contribution in [2.75, 3.05) is 0 Å². The molecule has 1 aromatic carbocycles. The SMILES string of the molecule is CCC1(CC)C(=O)CC1Oc1cc(C)ccc1F. The number of hydrogen-bond donors (Lipinski definition) is 0. The van der Waals surface area contributed by atoms with Crippen molar-refractivity contribution in [3.05, 3.63) is 29.6 Å². The van der Waals surface area contributed by atoms with Crippen LogP contribution in [0.2, 0.25) is 0 Å². The molecule has 0 spiro atoms. The van der Waals surface area contributed by atoms with E-state index in [2.05, 4.69) is 0 Å². The van der Waals surface area contributed by atoms with E-state index in [9.17, 15) is 9.18 Å². The Bertz CT molecular complexity index is 464. The maximum absolute atomic E-state index is 13.6. The van der Waals surface area contributed by atoms with Crippen LogP contribution < -0.4 is 4.74 Å². The van der Waals surface area contributed by atoms with Crippen LogP contribution in [0.4, 0.5) is 4.39 Å². The highest BCUT2D eigenvalue weighted by Crippen LogP contribution is 2.45. The van der Waals surface area contributed by atoms with Crippen molar-refractivity contribution in [1.29, 1.82) is 0 Å². The molecule has 98 valence electrons. The lowest BCUT2D eigenvalue weighted by Crippen LogP contribution is -2.56. The molecule has 1 aliphatic carbocycles. The summed E-state index contributed by atoms with van der Waals surface area (Å²) in [5.74, 6) is 0.144. The zero-order chi connectivity index (χ0) is 13.3. The zero-order valence-electron chi connectivity index (χ0n) is 11.1. The molecular weight excluding hydrogens is 231 g/mol. The van der Waals surface area contributed by atoms with Gasteiger partial charge in [-0.25, -0.2) is 4.39 Å². The fourth-order valence-electron chi connectivity index (χ4n) is 2.72. The van der Waals surface area contributed by atoms with Crippen molar-refractivity contribution >= 4 is 5.78 Å². The van der Waals surface area contributed by atoms with Gasteiger partial charge >= 0.3 is 0 Å². The zero-order valence-corrected chi connectivity index (χ0v) is 11.1. The molecular formula is C15H19FO2. The van der Waals surface area contributed by atoms with Crippen LogP contribution in [0.1, 0.15) is 38.7 Å². The molecule has 3 heteroatoms. The van der Waals surface area contributed by atoms with Crippen molar-refractivity contribution in [3.63, 3.8) is 0 Å². The number of Topliss-reactive ketones (excluding diaryl/α,β-unsaturated/α-hetero) is 1. The molecule has 2 nitrogen and oxygen atoms in total. The normalized spacial score (nSPS) is 21.6. The molecule has 2 rings (SSSR count). The number of halogens is 1. The molecule has 0 bridgehead atoms. The highest BCUT2D eigenvalue weighted by Gasteiger charge is 2.54.